The van der Waals surface area contributed by atoms with Crippen molar-refractivity contribution >= 4 is 22.3 Å². The second-order valence-electron chi connectivity index (χ2n) is 9.26. The highest BCUT2D eigenvalue weighted by Crippen LogP contribution is 2.28. The lowest BCUT2D eigenvalue weighted by Crippen LogP contribution is -2.41. The molecule has 0 radical (unpaired) electrons. The van der Waals surface area contributed by atoms with Crippen LogP contribution in [0, 0.1) is 0 Å². The largest absolute Gasteiger partial charge is 0.598 e. The first-order valence-corrected chi connectivity index (χ1v) is 12.7. The molecule has 0 amide bonds. The predicted octanol–water partition coefficient (Wildman–Crippen LogP) is 4.87. The molecule has 34 heavy (non-hydrogen) atoms. The smallest absolute Gasteiger partial charge is 0.154 e. The van der Waals surface area contributed by atoms with Crippen LogP contribution in [0.15, 0.2) is 60.8 Å². The Bertz CT molecular complexity index is 1270. The van der Waals surface area contributed by atoms with Crippen molar-refractivity contribution in [3.8, 4) is 17.1 Å². The summed E-state index contributed by atoms with van der Waals surface area (Å²) in [6.45, 7) is 7.89. The molecule has 0 aliphatic carbocycles. The summed E-state index contributed by atoms with van der Waals surface area (Å²) >= 11 is -1.19. The SMILES string of the molecule is CCC[C@H](N[S+]([O-])C(C)(C)C)c1cccc(-c2ccc3cnn(-c4cccc(CO)n4)c3c2)n1. The molecule has 0 saturated carbocycles. The third-order valence-electron chi connectivity index (χ3n) is 5.55. The van der Waals surface area contributed by atoms with E-state index in [9.17, 15) is 9.66 Å². The first-order chi connectivity index (χ1) is 16.3. The van der Waals surface area contributed by atoms with Crippen LogP contribution < -0.4 is 4.72 Å². The number of nitrogens with one attached hydrogen (secondary N) is 1. The Labute approximate surface area is 203 Å². The molecule has 0 spiro atoms. The standard InChI is InChI=1S/C26H31N5O2S/c1-5-8-23(30-34(33)26(2,3)4)22-11-7-10-21(29-22)18-13-14-19-16-27-31(24(19)15-18)25-12-6-9-20(17-32)28-25/h6-7,9-16,23,30,32H,5,8,17H2,1-4H3/t23-,34?/m0/s1. The van der Waals surface area contributed by atoms with Crippen molar-refractivity contribution < 1.29 is 9.66 Å². The van der Waals surface area contributed by atoms with Gasteiger partial charge in [0.05, 0.1) is 41.4 Å². The Morgan fingerprint density at radius 3 is 2.62 bits per heavy atom. The summed E-state index contributed by atoms with van der Waals surface area (Å²) in [5, 5.41) is 14.9. The van der Waals surface area contributed by atoms with E-state index in [2.05, 4.69) is 27.8 Å². The number of aliphatic hydroxyl groups excluding tert-OH is 1. The normalized spacial score (nSPS) is 13.8. The van der Waals surface area contributed by atoms with Gasteiger partial charge in [0, 0.05) is 22.3 Å². The van der Waals surface area contributed by atoms with Crippen molar-refractivity contribution in [1.29, 1.82) is 0 Å². The number of aromatic nitrogens is 4. The van der Waals surface area contributed by atoms with Crippen LogP contribution >= 0.6 is 0 Å². The van der Waals surface area contributed by atoms with Gasteiger partial charge in [0.1, 0.15) is 4.75 Å². The van der Waals surface area contributed by atoms with E-state index < -0.39 is 11.4 Å². The summed E-state index contributed by atoms with van der Waals surface area (Å²) in [6.07, 6.45) is 3.60. The average Bonchev–Trinajstić information content (AvgIpc) is 3.26. The third kappa shape index (κ3) is 5.31. The molecular formula is C26H31N5O2S. The number of hydrogen-bond acceptors (Lipinski definition) is 6. The van der Waals surface area contributed by atoms with Gasteiger partial charge in [0.15, 0.2) is 5.82 Å². The molecule has 3 heterocycles. The maximum Gasteiger partial charge on any atom is 0.154 e. The molecule has 0 bridgehead atoms. The molecule has 0 fully saturated rings. The summed E-state index contributed by atoms with van der Waals surface area (Å²) in [4.78, 5) is 9.43. The van der Waals surface area contributed by atoms with Crippen molar-refractivity contribution in [2.45, 2.75) is 57.9 Å². The Balaban J connectivity index is 1.70. The van der Waals surface area contributed by atoms with Gasteiger partial charge >= 0.3 is 0 Å². The number of nitrogens with zero attached hydrogens (tertiary/aromatic N) is 4. The van der Waals surface area contributed by atoms with Gasteiger partial charge in [-0.15, -0.1) is 4.72 Å². The number of rotatable bonds is 8. The van der Waals surface area contributed by atoms with E-state index in [1.165, 1.54) is 0 Å². The van der Waals surface area contributed by atoms with Crippen molar-refractivity contribution in [3.63, 3.8) is 0 Å². The summed E-state index contributed by atoms with van der Waals surface area (Å²) in [6, 6.07) is 17.5. The quantitative estimate of drug-likeness (QED) is 0.351. The minimum absolute atomic E-state index is 0.0929. The minimum Gasteiger partial charge on any atom is -0.598 e. The van der Waals surface area contributed by atoms with Gasteiger partial charge in [-0.05, 0) is 57.5 Å². The number of pyridine rings is 2. The first kappa shape index (κ1) is 24.3. The van der Waals surface area contributed by atoms with Gasteiger partial charge in [-0.25, -0.2) is 9.67 Å². The first-order valence-electron chi connectivity index (χ1n) is 11.5. The summed E-state index contributed by atoms with van der Waals surface area (Å²) in [7, 11) is 0. The number of aliphatic hydroxyl groups is 1. The van der Waals surface area contributed by atoms with E-state index in [0.29, 0.717) is 11.5 Å². The van der Waals surface area contributed by atoms with Crippen LogP contribution in [-0.4, -0.2) is 34.2 Å². The highest BCUT2D eigenvalue weighted by atomic mass is 32.2. The fourth-order valence-corrected chi connectivity index (χ4v) is 4.55. The maximum atomic E-state index is 12.8. The molecule has 2 atom stereocenters. The average molecular weight is 478 g/mol. The van der Waals surface area contributed by atoms with E-state index in [-0.39, 0.29) is 17.4 Å². The van der Waals surface area contributed by atoms with E-state index in [1.54, 1.807) is 16.9 Å². The molecule has 1 unspecified atom stereocenters. The summed E-state index contributed by atoms with van der Waals surface area (Å²) in [5.41, 5.74) is 4.18. The van der Waals surface area contributed by atoms with Crippen molar-refractivity contribution in [1.82, 2.24) is 24.5 Å². The summed E-state index contributed by atoms with van der Waals surface area (Å²) < 4.78 is 17.5. The van der Waals surface area contributed by atoms with Gasteiger partial charge in [0.25, 0.3) is 0 Å². The second-order valence-corrected chi connectivity index (χ2v) is 11.3. The molecule has 0 aliphatic heterocycles. The third-order valence-corrected chi connectivity index (χ3v) is 7.16. The van der Waals surface area contributed by atoms with E-state index in [1.807, 2.05) is 63.2 Å². The monoisotopic (exact) mass is 477 g/mol. The molecule has 0 saturated heterocycles. The molecule has 2 N–H and O–H groups in total. The molecule has 0 aliphatic rings. The van der Waals surface area contributed by atoms with Gasteiger partial charge in [-0.3, -0.25) is 4.98 Å². The zero-order valence-electron chi connectivity index (χ0n) is 20.0. The van der Waals surface area contributed by atoms with Gasteiger partial charge in [-0.2, -0.15) is 5.10 Å². The molecular weight excluding hydrogens is 446 g/mol. The highest BCUT2D eigenvalue weighted by molar-refractivity contribution is 7.90. The van der Waals surface area contributed by atoms with Crippen LogP contribution in [0.3, 0.4) is 0 Å². The zero-order chi connectivity index (χ0) is 24.3. The molecule has 1 aromatic carbocycles. The summed E-state index contributed by atoms with van der Waals surface area (Å²) in [5.74, 6) is 0.650. The maximum absolute atomic E-state index is 12.8. The topological polar surface area (TPSA) is 98.9 Å². The van der Waals surface area contributed by atoms with E-state index in [4.69, 9.17) is 4.98 Å². The lowest BCUT2D eigenvalue weighted by molar-refractivity contribution is 0.276. The predicted molar refractivity (Wildman–Crippen MR) is 137 cm³/mol. The Hall–Kier alpha value is -2.78. The second kappa shape index (κ2) is 10.2. The fraction of sp³-hybridized carbons (Fsp3) is 0.346. The number of benzene rings is 1. The van der Waals surface area contributed by atoms with Gasteiger partial charge in [0.2, 0.25) is 0 Å². The van der Waals surface area contributed by atoms with Gasteiger partial charge < -0.3 is 9.66 Å². The molecule has 4 rings (SSSR count). The Kier molecular flexibility index (Phi) is 7.33. The number of fused-ring (bicyclic) bond motifs is 1. The van der Waals surface area contributed by atoms with Crippen molar-refractivity contribution in [2.75, 3.05) is 0 Å². The fourth-order valence-electron chi connectivity index (χ4n) is 3.70. The molecule has 178 valence electrons. The van der Waals surface area contributed by atoms with Crippen molar-refractivity contribution in [2.24, 2.45) is 0 Å². The van der Waals surface area contributed by atoms with Crippen molar-refractivity contribution in [3.05, 3.63) is 72.2 Å². The van der Waals surface area contributed by atoms with Crippen LogP contribution in [0.2, 0.25) is 0 Å². The molecule has 8 heteroatoms. The zero-order valence-corrected chi connectivity index (χ0v) is 20.8. The van der Waals surface area contributed by atoms with E-state index in [0.717, 1.165) is 40.7 Å². The highest BCUT2D eigenvalue weighted by Gasteiger charge is 2.30. The van der Waals surface area contributed by atoms with Crippen LogP contribution in [0.4, 0.5) is 0 Å². The Morgan fingerprint density at radius 2 is 1.88 bits per heavy atom. The van der Waals surface area contributed by atoms with E-state index >= 15 is 0 Å². The van der Waals surface area contributed by atoms with Crippen LogP contribution in [0.1, 0.15) is 58.0 Å². The van der Waals surface area contributed by atoms with Gasteiger partial charge in [-0.1, -0.05) is 37.6 Å². The molecule has 3 aromatic heterocycles. The number of hydrogen-bond donors (Lipinski definition) is 2. The lowest BCUT2D eigenvalue weighted by Gasteiger charge is -2.27. The molecule has 4 aromatic rings. The van der Waals surface area contributed by atoms with Crippen LogP contribution in [0.25, 0.3) is 28.0 Å². The lowest BCUT2D eigenvalue weighted by atomic mass is 10.1. The van der Waals surface area contributed by atoms with Crippen LogP contribution in [0.5, 0.6) is 0 Å². The van der Waals surface area contributed by atoms with Crippen LogP contribution in [-0.2, 0) is 18.0 Å². The minimum atomic E-state index is -1.19. The Morgan fingerprint density at radius 1 is 1.09 bits per heavy atom. The molecule has 7 nitrogen and oxygen atoms in total.